The van der Waals surface area contributed by atoms with Gasteiger partial charge in [-0.25, -0.2) is 0 Å². The van der Waals surface area contributed by atoms with Gasteiger partial charge in [-0.1, -0.05) is 42.0 Å². The molecule has 2 heterocycles. The van der Waals surface area contributed by atoms with Crippen molar-refractivity contribution in [3.63, 3.8) is 0 Å². The highest BCUT2D eigenvalue weighted by Gasteiger charge is 2.73. The van der Waals surface area contributed by atoms with Gasteiger partial charge in [-0.2, -0.15) is 0 Å². The van der Waals surface area contributed by atoms with Gasteiger partial charge in [0.1, 0.15) is 17.3 Å². The zero-order valence-electron chi connectivity index (χ0n) is 16.7. The standard InChI is InChI=1S/C23H30O4/c1-15(2)10-11-18-22(3,27-18)21-20(25-4)19(24)17(13-23(21)14-26-23)12-16-8-6-5-7-9-16/h5-10,17-18,20-21H,11-14H2,1-4H3/t17?,18-,20-,21-,22?,23+/m1/s1. The van der Waals surface area contributed by atoms with Crippen LogP contribution in [-0.4, -0.2) is 42.9 Å². The summed E-state index contributed by atoms with van der Waals surface area (Å²) in [5.74, 6) is 0.102. The SMILES string of the molecule is CO[C@@H]1C(=O)C(Cc2ccccc2)C[C@]2(CO2)[C@H]1C1(C)O[C@@H]1CC=C(C)C. The number of epoxide rings is 2. The Labute approximate surface area is 161 Å². The van der Waals surface area contributed by atoms with Crippen LogP contribution in [-0.2, 0) is 25.4 Å². The van der Waals surface area contributed by atoms with Gasteiger partial charge >= 0.3 is 0 Å². The molecule has 0 amide bonds. The molecule has 1 aliphatic carbocycles. The lowest BCUT2D eigenvalue weighted by atomic mass is 9.64. The fraction of sp³-hybridized carbons (Fsp3) is 0.609. The predicted octanol–water partition coefficient (Wildman–Crippen LogP) is 3.73. The van der Waals surface area contributed by atoms with Gasteiger partial charge in [0.25, 0.3) is 0 Å². The van der Waals surface area contributed by atoms with Crippen LogP contribution >= 0.6 is 0 Å². The number of Topliss-reactive ketones (excluding diaryl/α,β-unsaturated/α-hetero) is 1. The summed E-state index contributed by atoms with van der Waals surface area (Å²) in [5, 5.41) is 0. The number of rotatable bonds is 6. The number of methoxy groups -OCH3 is 1. The molecule has 1 saturated carbocycles. The van der Waals surface area contributed by atoms with Crippen molar-refractivity contribution in [1.29, 1.82) is 0 Å². The molecule has 0 N–H and O–H groups in total. The van der Waals surface area contributed by atoms with Gasteiger partial charge in [-0.15, -0.1) is 0 Å². The molecule has 1 aromatic rings. The maximum absolute atomic E-state index is 13.3. The van der Waals surface area contributed by atoms with E-state index in [9.17, 15) is 4.79 Å². The molecule has 3 aliphatic rings. The van der Waals surface area contributed by atoms with Crippen LogP contribution in [0.3, 0.4) is 0 Å². The van der Waals surface area contributed by atoms with Crippen LogP contribution in [0.2, 0.25) is 0 Å². The van der Waals surface area contributed by atoms with Crippen molar-refractivity contribution in [3.8, 4) is 0 Å². The highest BCUT2D eigenvalue weighted by atomic mass is 16.6. The summed E-state index contributed by atoms with van der Waals surface area (Å²) in [7, 11) is 1.65. The molecule has 27 heavy (non-hydrogen) atoms. The van der Waals surface area contributed by atoms with Crippen LogP contribution in [0.4, 0.5) is 0 Å². The fourth-order valence-electron chi connectivity index (χ4n) is 5.02. The summed E-state index contributed by atoms with van der Waals surface area (Å²) < 4.78 is 17.9. The molecule has 0 aromatic heterocycles. The molecule has 0 radical (unpaired) electrons. The second kappa shape index (κ2) is 6.84. The van der Waals surface area contributed by atoms with E-state index in [1.807, 2.05) is 18.2 Å². The van der Waals surface area contributed by atoms with E-state index in [2.05, 4.69) is 39.0 Å². The maximum Gasteiger partial charge on any atom is 0.165 e. The minimum absolute atomic E-state index is 0.0370. The molecular formula is C23H30O4. The Morgan fingerprint density at radius 1 is 1.30 bits per heavy atom. The van der Waals surface area contributed by atoms with E-state index in [4.69, 9.17) is 14.2 Å². The van der Waals surface area contributed by atoms with E-state index in [0.29, 0.717) is 6.61 Å². The number of carbonyl (C=O) groups is 1. The summed E-state index contributed by atoms with van der Waals surface area (Å²) in [4.78, 5) is 13.3. The molecule has 2 unspecified atom stereocenters. The summed E-state index contributed by atoms with van der Waals surface area (Å²) >= 11 is 0. The van der Waals surface area contributed by atoms with Crippen molar-refractivity contribution in [2.75, 3.05) is 13.7 Å². The van der Waals surface area contributed by atoms with Crippen LogP contribution in [0, 0.1) is 11.8 Å². The molecular weight excluding hydrogens is 340 g/mol. The predicted molar refractivity (Wildman–Crippen MR) is 104 cm³/mol. The monoisotopic (exact) mass is 370 g/mol. The van der Waals surface area contributed by atoms with Gasteiger partial charge < -0.3 is 14.2 Å². The highest BCUT2D eigenvalue weighted by molar-refractivity contribution is 5.88. The van der Waals surface area contributed by atoms with E-state index in [1.165, 1.54) is 11.1 Å². The van der Waals surface area contributed by atoms with E-state index in [1.54, 1.807) is 7.11 Å². The Hall–Kier alpha value is -1.49. The van der Waals surface area contributed by atoms with Gasteiger partial charge in [-0.05, 0) is 45.6 Å². The van der Waals surface area contributed by atoms with Crippen LogP contribution in [0.5, 0.6) is 0 Å². The largest absolute Gasteiger partial charge is 0.373 e. The first-order chi connectivity index (χ1) is 12.9. The topological polar surface area (TPSA) is 51.4 Å². The summed E-state index contributed by atoms with van der Waals surface area (Å²) in [6.45, 7) is 7.02. The van der Waals surface area contributed by atoms with Crippen molar-refractivity contribution < 1.29 is 19.0 Å². The summed E-state index contributed by atoms with van der Waals surface area (Å²) in [6.07, 6.45) is 4.27. The number of allylic oxidation sites excluding steroid dienone is 1. The zero-order chi connectivity index (χ0) is 19.2. The molecule has 3 fully saturated rings. The lowest BCUT2D eigenvalue weighted by Crippen LogP contribution is -2.56. The molecule has 2 saturated heterocycles. The third-order valence-electron chi connectivity index (χ3n) is 6.57. The van der Waals surface area contributed by atoms with Crippen LogP contribution in [0.25, 0.3) is 0 Å². The molecule has 2 aliphatic heterocycles. The first-order valence-electron chi connectivity index (χ1n) is 9.95. The van der Waals surface area contributed by atoms with Gasteiger partial charge in [0.15, 0.2) is 5.78 Å². The quantitative estimate of drug-likeness (QED) is 0.565. The van der Waals surface area contributed by atoms with Crippen molar-refractivity contribution >= 4 is 5.78 Å². The average Bonchev–Trinajstić information content (AvgIpc) is 3.55. The minimum atomic E-state index is -0.461. The van der Waals surface area contributed by atoms with E-state index >= 15 is 0 Å². The molecule has 4 rings (SSSR count). The van der Waals surface area contributed by atoms with Gasteiger partial charge in [0.2, 0.25) is 0 Å². The second-order valence-corrected chi connectivity index (χ2v) is 8.79. The Morgan fingerprint density at radius 3 is 2.59 bits per heavy atom. The lowest BCUT2D eigenvalue weighted by Gasteiger charge is -2.41. The third-order valence-corrected chi connectivity index (χ3v) is 6.57. The molecule has 4 nitrogen and oxygen atoms in total. The first kappa shape index (κ1) is 18.9. The fourth-order valence-corrected chi connectivity index (χ4v) is 5.02. The highest BCUT2D eigenvalue weighted by Crippen LogP contribution is 2.59. The van der Waals surface area contributed by atoms with Gasteiger partial charge in [0, 0.05) is 13.0 Å². The Bertz CT molecular complexity index is 732. The smallest absolute Gasteiger partial charge is 0.165 e. The minimum Gasteiger partial charge on any atom is -0.373 e. The molecule has 6 atom stereocenters. The van der Waals surface area contributed by atoms with Gasteiger partial charge in [-0.3, -0.25) is 4.79 Å². The number of carbonyl (C=O) groups excluding carboxylic acids is 1. The number of benzene rings is 1. The van der Waals surface area contributed by atoms with E-state index in [0.717, 1.165) is 19.3 Å². The van der Waals surface area contributed by atoms with Crippen molar-refractivity contribution in [1.82, 2.24) is 0 Å². The van der Waals surface area contributed by atoms with Crippen molar-refractivity contribution in [2.24, 2.45) is 11.8 Å². The van der Waals surface area contributed by atoms with Crippen LogP contribution < -0.4 is 0 Å². The maximum atomic E-state index is 13.3. The number of hydrogen-bond acceptors (Lipinski definition) is 4. The van der Waals surface area contributed by atoms with Crippen LogP contribution in [0.15, 0.2) is 42.0 Å². The third kappa shape index (κ3) is 3.39. The average molecular weight is 370 g/mol. The van der Waals surface area contributed by atoms with Gasteiger partial charge in [0.05, 0.1) is 18.6 Å². The first-order valence-corrected chi connectivity index (χ1v) is 9.95. The number of hydrogen-bond donors (Lipinski definition) is 0. The second-order valence-electron chi connectivity index (χ2n) is 8.79. The van der Waals surface area contributed by atoms with Crippen molar-refractivity contribution in [2.45, 2.75) is 63.4 Å². The summed E-state index contributed by atoms with van der Waals surface area (Å²) in [5.41, 5.74) is 1.85. The molecule has 1 spiro atoms. The molecule has 0 bridgehead atoms. The Balaban J connectivity index is 1.55. The normalized spacial score (nSPS) is 40.1. The van der Waals surface area contributed by atoms with E-state index in [-0.39, 0.29) is 34.9 Å². The number of ketones is 1. The molecule has 146 valence electrons. The Morgan fingerprint density at radius 2 is 2.00 bits per heavy atom. The Kier molecular flexibility index (Phi) is 4.77. The van der Waals surface area contributed by atoms with E-state index < -0.39 is 6.10 Å². The summed E-state index contributed by atoms with van der Waals surface area (Å²) in [6, 6.07) is 10.2. The zero-order valence-corrected chi connectivity index (χ0v) is 16.7. The molecule has 1 aromatic carbocycles. The molecule has 4 heteroatoms. The van der Waals surface area contributed by atoms with Crippen LogP contribution in [0.1, 0.15) is 39.2 Å². The number of ether oxygens (including phenoxy) is 3. The van der Waals surface area contributed by atoms with Crippen molar-refractivity contribution in [3.05, 3.63) is 47.5 Å². The lowest BCUT2D eigenvalue weighted by molar-refractivity contribution is -0.148.